The van der Waals surface area contributed by atoms with Gasteiger partial charge in [-0.05, 0) is 44.0 Å². The van der Waals surface area contributed by atoms with Gasteiger partial charge in [-0.1, -0.05) is 6.07 Å². The lowest BCUT2D eigenvalue weighted by molar-refractivity contribution is -0.387. The highest BCUT2D eigenvalue weighted by atomic mass is 19.1. The van der Waals surface area contributed by atoms with E-state index in [1.165, 1.54) is 12.1 Å². The third kappa shape index (κ3) is 3.08. The highest BCUT2D eigenvalue weighted by Crippen LogP contribution is 2.20. The van der Waals surface area contributed by atoms with Crippen LogP contribution in [0, 0.1) is 29.8 Å². The highest BCUT2D eigenvalue weighted by Gasteiger charge is 2.15. The molecule has 0 aliphatic heterocycles. The van der Waals surface area contributed by atoms with Crippen molar-refractivity contribution in [1.82, 2.24) is 9.78 Å². The van der Waals surface area contributed by atoms with Gasteiger partial charge in [-0.2, -0.15) is 9.49 Å². The first kappa shape index (κ1) is 15.1. The van der Waals surface area contributed by atoms with Crippen LogP contribution in [0.1, 0.15) is 22.5 Å². The minimum Gasteiger partial charge on any atom is -0.330 e. The van der Waals surface area contributed by atoms with Crippen molar-refractivity contribution in [2.75, 3.05) is 6.54 Å². The van der Waals surface area contributed by atoms with E-state index in [4.69, 9.17) is 5.73 Å². The molecule has 0 unspecified atom stereocenters. The Morgan fingerprint density at radius 3 is 2.71 bits per heavy atom. The zero-order valence-corrected chi connectivity index (χ0v) is 12.0. The summed E-state index contributed by atoms with van der Waals surface area (Å²) in [7, 11) is 0. The van der Waals surface area contributed by atoms with Crippen LogP contribution in [0.5, 0.6) is 0 Å². The summed E-state index contributed by atoms with van der Waals surface area (Å²) in [6.45, 7) is 4.75. The summed E-state index contributed by atoms with van der Waals surface area (Å²) in [5.74, 6) is -0.832. The van der Waals surface area contributed by atoms with E-state index in [0.717, 1.165) is 23.4 Å². The third-order valence-corrected chi connectivity index (χ3v) is 3.47. The van der Waals surface area contributed by atoms with E-state index in [9.17, 15) is 14.5 Å². The van der Waals surface area contributed by atoms with Crippen LogP contribution in [0.4, 0.5) is 10.1 Å². The predicted molar refractivity (Wildman–Crippen MR) is 76.6 cm³/mol. The molecule has 1 aromatic heterocycles. The minimum absolute atomic E-state index is 0.367. The number of aryl methyl sites for hydroxylation is 1. The van der Waals surface area contributed by atoms with Crippen LogP contribution < -0.4 is 5.73 Å². The maximum atomic E-state index is 13.6. The van der Waals surface area contributed by atoms with E-state index in [1.807, 2.05) is 13.8 Å². The first-order valence-corrected chi connectivity index (χ1v) is 6.59. The minimum atomic E-state index is -0.832. The number of nitrogens with two attached hydrogens (primary N) is 1. The molecule has 0 saturated heterocycles. The van der Waals surface area contributed by atoms with Gasteiger partial charge in [0.15, 0.2) is 0 Å². The molecule has 0 spiro atoms. The fourth-order valence-electron chi connectivity index (χ4n) is 2.36. The van der Waals surface area contributed by atoms with Gasteiger partial charge in [-0.3, -0.25) is 14.8 Å². The number of aromatic nitrogens is 2. The summed E-state index contributed by atoms with van der Waals surface area (Å²) in [4.78, 5) is 9.87. The molecular weight excluding hydrogens is 275 g/mol. The van der Waals surface area contributed by atoms with Gasteiger partial charge in [-0.15, -0.1) is 0 Å². The fraction of sp³-hybridized carbons (Fsp3) is 0.357. The molecule has 0 fully saturated rings. The van der Waals surface area contributed by atoms with Crippen LogP contribution in [-0.4, -0.2) is 21.2 Å². The van der Waals surface area contributed by atoms with Crippen molar-refractivity contribution >= 4 is 5.69 Å². The van der Waals surface area contributed by atoms with Crippen molar-refractivity contribution < 1.29 is 9.31 Å². The lowest BCUT2D eigenvalue weighted by atomic mass is 10.1. The van der Waals surface area contributed by atoms with E-state index in [2.05, 4.69) is 5.10 Å². The van der Waals surface area contributed by atoms with Crippen molar-refractivity contribution in [3.8, 4) is 0 Å². The molecule has 0 aliphatic carbocycles. The van der Waals surface area contributed by atoms with E-state index in [1.54, 1.807) is 10.7 Å². The van der Waals surface area contributed by atoms with Crippen LogP contribution in [-0.2, 0) is 13.0 Å². The number of nitro groups is 1. The Labute approximate surface area is 121 Å². The number of hydrogen-bond donors (Lipinski definition) is 1. The van der Waals surface area contributed by atoms with E-state index in [0.29, 0.717) is 18.7 Å². The topological polar surface area (TPSA) is 87.0 Å². The quantitative estimate of drug-likeness (QED) is 0.675. The molecule has 0 amide bonds. The second-order valence-electron chi connectivity index (χ2n) is 4.89. The molecule has 0 radical (unpaired) electrons. The summed E-state index contributed by atoms with van der Waals surface area (Å²) in [6, 6.07) is 3.90. The highest BCUT2D eigenvalue weighted by molar-refractivity contribution is 5.35. The largest absolute Gasteiger partial charge is 0.330 e. The van der Waals surface area contributed by atoms with Crippen molar-refractivity contribution in [1.29, 1.82) is 0 Å². The lowest BCUT2D eigenvalue weighted by Crippen LogP contribution is -2.07. The maximum absolute atomic E-state index is 13.6. The number of benzene rings is 1. The molecular formula is C14H17FN4O2. The molecule has 21 heavy (non-hydrogen) atoms. The van der Waals surface area contributed by atoms with Crippen molar-refractivity contribution in [2.45, 2.75) is 26.8 Å². The Morgan fingerprint density at radius 1 is 1.43 bits per heavy atom. The van der Waals surface area contributed by atoms with Crippen LogP contribution in [0.15, 0.2) is 18.2 Å². The number of nitrogens with zero attached hydrogens (tertiary/aromatic N) is 3. The van der Waals surface area contributed by atoms with Gasteiger partial charge in [0.1, 0.15) is 0 Å². The Morgan fingerprint density at radius 2 is 2.14 bits per heavy atom. The fourth-order valence-corrected chi connectivity index (χ4v) is 2.36. The molecule has 0 atom stereocenters. The number of nitro benzene ring substituents is 1. The average Bonchev–Trinajstić information content (AvgIpc) is 2.66. The maximum Gasteiger partial charge on any atom is 0.304 e. The standard InChI is InChI=1S/C14H17FN4O2/c1-9-12(5-6-16)10(2)18(17-9)8-11-3-4-14(19(20)21)13(15)7-11/h3-4,7H,5-6,8,16H2,1-2H3. The van der Waals surface area contributed by atoms with Gasteiger partial charge in [-0.25, -0.2) is 0 Å². The van der Waals surface area contributed by atoms with Gasteiger partial charge in [0.05, 0.1) is 17.2 Å². The molecule has 2 aromatic rings. The van der Waals surface area contributed by atoms with Gasteiger partial charge in [0.25, 0.3) is 0 Å². The second-order valence-corrected chi connectivity index (χ2v) is 4.89. The van der Waals surface area contributed by atoms with Crippen LogP contribution in [0.3, 0.4) is 0 Å². The Hall–Kier alpha value is -2.28. The number of hydrogen-bond acceptors (Lipinski definition) is 4. The molecule has 112 valence electrons. The summed E-state index contributed by atoms with van der Waals surface area (Å²) in [6.07, 6.45) is 0.742. The normalized spacial score (nSPS) is 10.9. The van der Waals surface area contributed by atoms with E-state index in [-0.39, 0.29) is 0 Å². The zero-order valence-electron chi connectivity index (χ0n) is 12.0. The molecule has 0 saturated carbocycles. The number of rotatable bonds is 5. The number of halogens is 1. The summed E-state index contributed by atoms with van der Waals surface area (Å²) in [5.41, 5.74) is 8.67. The molecule has 0 aliphatic rings. The SMILES string of the molecule is Cc1nn(Cc2ccc([N+](=O)[O-])c(F)c2)c(C)c1CCN. The van der Waals surface area contributed by atoms with Crippen molar-refractivity contribution in [2.24, 2.45) is 5.73 Å². The van der Waals surface area contributed by atoms with Crippen LogP contribution in [0.2, 0.25) is 0 Å². The average molecular weight is 292 g/mol. The van der Waals surface area contributed by atoms with Gasteiger partial charge in [0.2, 0.25) is 5.82 Å². The van der Waals surface area contributed by atoms with Gasteiger partial charge >= 0.3 is 5.69 Å². The zero-order chi connectivity index (χ0) is 15.6. The van der Waals surface area contributed by atoms with Crippen molar-refractivity contribution in [3.63, 3.8) is 0 Å². The molecule has 1 aromatic carbocycles. The second kappa shape index (κ2) is 6.01. The van der Waals surface area contributed by atoms with E-state index >= 15 is 0 Å². The summed E-state index contributed by atoms with van der Waals surface area (Å²) in [5, 5.41) is 15.0. The molecule has 1 heterocycles. The summed E-state index contributed by atoms with van der Waals surface area (Å²) >= 11 is 0. The molecule has 0 bridgehead atoms. The summed E-state index contributed by atoms with van der Waals surface area (Å²) < 4.78 is 15.4. The van der Waals surface area contributed by atoms with Crippen LogP contribution >= 0.6 is 0 Å². The lowest BCUT2D eigenvalue weighted by Gasteiger charge is -2.06. The molecule has 2 N–H and O–H groups in total. The van der Waals surface area contributed by atoms with Crippen molar-refractivity contribution in [3.05, 3.63) is 56.6 Å². The molecule has 6 nitrogen and oxygen atoms in total. The smallest absolute Gasteiger partial charge is 0.304 e. The monoisotopic (exact) mass is 292 g/mol. The Bertz CT molecular complexity index is 682. The van der Waals surface area contributed by atoms with Gasteiger partial charge in [0, 0.05) is 11.8 Å². The Kier molecular flexibility index (Phi) is 4.32. The first-order chi connectivity index (χ1) is 9.93. The molecule has 2 rings (SSSR count). The Balaban J connectivity index is 2.28. The molecule has 7 heteroatoms. The van der Waals surface area contributed by atoms with Crippen LogP contribution in [0.25, 0.3) is 0 Å². The first-order valence-electron chi connectivity index (χ1n) is 6.59. The van der Waals surface area contributed by atoms with E-state index < -0.39 is 16.4 Å². The van der Waals surface area contributed by atoms with Gasteiger partial charge < -0.3 is 5.73 Å². The predicted octanol–water partition coefficient (Wildman–Crippen LogP) is 2.10. The third-order valence-electron chi connectivity index (χ3n) is 3.47.